The van der Waals surface area contributed by atoms with Crippen molar-refractivity contribution < 1.29 is 19.1 Å². The molecule has 1 N–H and O–H groups in total. The highest BCUT2D eigenvalue weighted by molar-refractivity contribution is 6.04. The number of ether oxygens (including phenoxy) is 2. The number of benzene rings is 3. The lowest BCUT2D eigenvalue weighted by molar-refractivity contribution is 0.00682. The van der Waals surface area contributed by atoms with E-state index in [0.29, 0.717) is 22.4 Å². The molecule has 1 atom stereocenters. The van der Waals surface area contributed by atoms with E-state index >= 15 is 0 Å². The summed E-state index contributed by atoms with van der Waals surface area (Å²) in [5.74, 6) is 0.0727. The van der Waals surface area contributed by atoms with Crippen LogP contribution in [0, 0.1) is 11.3 Å². The minimum Gasteiger partial charge on any atom is -0.497 e. The molecular weight excluding hydrogens is 464 g/mol. The summed E-state index contributed by atoms with van der Waals surface area (Å²) in [7, 11) is 1.60. The Bertz CT molecular complexity index is 1500. The topological polar surface area (TPSA) is 92.2 Å². The van der Waals surface area contributed by atoms with Crippen molar-refractivity contribution in [2.45, 2.75) is 45.6 Å². The highest BCUT2D eigenvalue weighted by Crippen LogP contribution is 2.41. The monoisotopic (exact) mass is 494 g/mol. The van der Waals surface area contributed by atoms with Crippen molar-refractivity contribution in [1.82, 2.24) is 4.98 Å². The summed E-state index contributed by atoms with van der Waals surface area (Å²) in [6, 6.07) is 18.8. The summed E-state index contributed by atoms with van der Waals surface area (Å²) in [5, 5.41) is 10.3. The van der Waals surface area contributed by atoms with Gasteiger partial charge in [-0.25, -0.2) is 4.79 Å². The van der Waals surface area contributed by atoms with Crippen molar-refractivity contribution in [3.63, 3.8) is 0 Å². The van der Waals surface area contributed by atoms with Gasteiger partial charge in [0, 0.05) is 28.6 Å². The van der Waals surface area contributed by atoms with Gasteiger partial charge in [0.05, 0.1) is 24.3 Å². The lowest BCUT2D eigenvalue weighted by Gasteiger charge is -2.24. The second kappa shape index (κ2) is 10.3. The highest BCUT2D eigenvalue weighted by Gasteiger charge is 2.27. The second-order valence-corrected chi connectivity index (χ2v) is 9.92. The third kappa shape index (κ3) is 5.12. The molecular formula is C31H30N2O4. The zero-order chi connectivity index (χ0) is 26.7. The van der Waals surface area contributed by atoms with Crippen LogP contribution in [-0.4, -0.2) is 30.0 Å². The molecule has 0 saturated carbocycles. The molecule has 0 fully saturated rings. The zero-order valence-corrected chi connectivity index (χ0v) is 21.7. The molecule has 0 amide bonds. The zero-order valence-electron chi connectivity index (χ0n) is 21.7. The van der Waals surface area contributed by atoms with Crippen molar-refractivity contribution in [3.8, 4) is 22.9 Å². The van der Waals surface area contributed by atoms with E-state index in [1.165, 1.54) is 0 Å². The van der Waals surface area contributed by atoms with E-state index in [1.54, 1.807) is 40.0 Å². The molecule has 37 heavy (non-hydrogen) atoms. The van der Waals surface area contributed by atoms with E-state index in [-0.39, 0.29) is 11.5 Å². The summed E-state index contributed by atoms with van der Waals surface area (Å²) >= 11 is 0. The summed E-state index contributed by atoms with van der Waals surface area (Å²) < 4.78 is 11.0. The summed E-state index contributed by atoms with van der Waals surface area (Å²) in [6.07, 6.45) is 3.45. The number of aromatic nitrogens is 1. The van der Waals surface area contributed by atoms with Crippen LogP contribution in [0.5, 0.6) is 5.75 Å². The Labute approximate surface area is 216 Å². The minimum atomic E-state index is -0.700. The molecule has 0 aliphatic carbocycles. The molecule has 1 unspecified atom stereocenters. The fraction of sp³-hybridized carbons (Fsp3) is 0.258. The number of hydrogen-bond acceptors (Lipinski definition) is 5. The third-order valence-electron chi connectivity index (χ3n) is 6.40. The molecule has 0 saturated heterocycles. The third-order valence-corrected chi connectivity index (χ3v) is 6.40. The number of carbonyl (C=O) groups excluding carboxylic acids is 2. The SMILES string of the molecule is CCC(c1ccc(C(=O)OC(C)(C)C)c(C=O)c1-c1ccc(OC)cc1)c1c[nH]c2cc(C#N)ccc12. The van der Waals surface area contributed by atoms with Crippen LogP contribution in [-0.2, 0) is 4.74 Å². The molecule has 6 heteroatoms. The molecule has 0 bridgehead atoms. The maximum Gasteiger partial charge on any atom is 0.339 e. The lowest BCUT2D eigenvalue weighted by atomic mass is 9.81. The number of fused-ring (bicyclic) bond motifs is 1. The Hall–Kier alpha value is -4.37. The Balaban J connectivity index is 1.96. The number of aldehydes is 1. The van der Waals surface area contributed by atoms with Crippen LogP contribution in [0.1, 0.15) is 77.4 Å². The van der Waals surface area contributed by atoms with E-state index in [4.69, 9.17) is 9.47 Å². The average molecular weight is 495 g/mol. The van der Waals surface area contributed by atoms with Crippen molar-refractivity contribution in [2.75, 3.05) is 7.11 Å². The smallest absolute Gasteiger partial charge is 0.339 e. The van der Waals surface area contributed by atoms with Crippen molar-refractivity contribution in [3.05, 3.63) is 88.6 Å². The summed E-state index contributed by atoms with van der Waals surface area (Å²) in [6.45, 7) is 7.48. The van der Waals surface area contributed by atoms with E-state index in [1.807, 2.05) is 48.7 Å². The van der Waals surface area contributed by atoms with Crippen molar-refractivity contribution in [2.24, 2.45) is 0 Å². The van der Waals surface area contributed by atoms with Gasteiger partial charge in [-0.3, -0.25) is 4.79 Å². The van der Waals surface area contributed by atoms with E-state index in [0.717, 1.165) is 40.3 Å². The van der Waals surface area contributed by atoms with Gasteiger partial charge in [0.25, 0.3) is 0 Å². The predicted molar refractivity (Wildman–Crippen MR) is 144 cm³/mol. The van der Waals surface area contributed by atoms with Gasteiger partial charge in [0.15, 0.2) is 6.29 Å². The molecule has 1 heterocycles. The van der Waals surface area contributed by atoms with Gasteiger partial charge in [-0.05, 0) is 79.8 Å². The van der Waals surface area contributed by atoms with Gasteiger partial charge < -0.3 is 14.5 Å². The van der Waals surface area contributed by atoms with Gasteiger partial charge in [-0.2, -0.15) is 5.26 Å². The first-order chi connectivity index (χ1) is 17.7. The Morgan fingerprint density at radius 2 is 1.81 bits per heavy atom. The van der Waals surface area contributed by atoms with Crippen LogP contribution < -0.4 is 4.74 Å². The molecule has 0 aliphatic rings. The molecule has 4 rings (SSSR count). The van der Waals surface area contributed by atoms with Gasteiger partial charge in [0.1, 0.15) is 11.4 Å². The number of esters is 1. The number of nitrogens with one attached hydrogen (secondary N) is 1. The van der Waals surface area contributed by atoms with Gasteiger partial charge >= 0.3 is 5.97 Å². The van der Waals surface area contributed by atoms with Crippen molar-refractivity contribution >= 4 is 23.2 Å². The molecule has 0 radical (unpaired) electrons. The number of H-pyrrole nitrogens is 1. The maximum absolute atomic E-state index is 13.1. The number of nitriles is 1. The molecule has 188 valence electrons. The van der Waals surface area contributed by atoms with E-state index in [9.17, 15) is 14.9 Å². The largest absolute Gasteiger partial charge is 0.497 e. The average Bonchev–Trinajstić information content (AvgIpc) is 3.30. The minimum absolute atomic E-state index is 0.0785. The van der Waals surface area contributed by atoms with Crippen LogP contribution in [0.2, 0.25) is 0 Å². The quantitative estimate of drug-likeness (QED) is 0.220. The molecule has 3 aromatic carbocycles. The van der Waals surface area contributed by atoms with Crippen LogP contribution in [0.4, 0.5) is 0 Å². The first kappa shape index (κ1) is 25.7. The van der Waals surface area contributed by atoms with Crippen LogP contribution in [0.3, 0.4) is 0 Å². The molecule has 6 nitrogen and oxygen atoms in total. The summed E-state index contributed by atoms with van der Waals surface area (Å²) in [4.78, 5) is 29.0. The Morgan fingerprint density at radius 3 is 2.41 bits per heavy atom. The Morgan fingerprint density at radius 1 is 1.08 bits per heavy atom. The molecule has 0 aliphatic heterocycles. The number of nitrogens with zero attached hydrogens (tertiary/aromatic N) is 1. The Kier molecular flexibility index (Phi) is 7.17. The lowest BCUT2D eigenvalue weighted by Crippen LogP contribution is -2.25. The number of methoxy groups -OCH3 is 1. The molecule has 4 aromatic rings. The number of aromatic amines is 1. The molecule has 0 spiro atoms. The number of hydrogen-bond donors (Lipinski definition) is 1. The first-order valence-corrected chi connectivity index (χ1v) is 12.2. The van der Waals surface area contributed by atoms with Gasteiger partial charge in [-0.1, -0.05) is 31.2 Å². The number of rotatable bonds is 7. The van der Waals surface area contributed by atoms with E-state index in [2.05, 4.69) is 18.0 Å². The fourth-order valence-electron chi connectivity index (χ4n) is 4.75. The maximum atomic E-state index is 13.1. The normalized spacial score (nSPS) is 12.1. The second-order valence-electron chi connectivity index (χ2n) is 9.92. The van der Waals surface area contributed by atoms with Crippen LogP contribution >= 0.6 is 0 Å². The number of carbonyl (C=O) groups is 2. The fourth-order valence-corrected chi connectivity index (χ4v) is 4.75. The molecule has 1 aromatic heterocycles. The first-order valence-electron chi connectivity index (χ1n) is 12.2. The van der Waals surface area contributed by atoms with E-state index < -0.39 is 11.6 Å². The van der Waals surface area contributed by atoms with Crippen LogP contribution in [0.25, 0.3) is 22.0 Å². The highest BCUT2D eigenvalue weighted by atomic mass is 16.6. The van der Waals surface area contributed by atoms with Gasteiger partial charge in [-0.15, -0.1) is 0 Å². The van der Waals surface area contributed by atoms with Crippen LogP contribution in [0.15, 0.2) is 60.8 Å². The van der Waals surface area contributed by atoms with Gasteiger partial charge in [0.2, 0.25) is 0 Å². The standard InChI is InChI=1S/C31H30N2O4/c1-6-22(26-17-33-28-15-19(16-32)7-12-23(26)28)24-13-14-25(30(35)37-31(2,3)4)27(18-34)29(24)20-8-10-21(36-5)11-9-20/h7-15,17-18,22,33H,6H2,1-5H3. The summed E-state index contributed by atoms with van der Waals surface area (Å²) in [5.41, 5.74) is 4.75. The van der Waals surface area contributed by atoms with Crippen molar-refractivity contribution in [1.29, 1.82) is 5.26 Å². The predicted octanol–water partition coefficient (Wildman–Crippen LogP) is 7.02.